The largest absolute Gasteiger partial charge is 0.494 e. The summed E-state index contributed by atoms with van der Waals surface area (Å²) in [7, 11) is 1.17. The molecule has 0 unspecified atom stereocenters. The van der Waals surface area contributed by atoms with Crippen molar-refractivity contribution in [2.24, 2.45) is 0 Å². The second kappa shape index (κ2) is 14.3. The van der Waals surface area contributed by atoms with E-state index in [0.29, 0.717) is 28.6 Å². The Morgan fingerprint density at radius 2 is 1.90 bits per heavy atom. The van der Waals surface area contributed by atoms with Gasteiger partial charge in [0.1, 0.15) is 17.1 Å². The molecule has 1 saturated heterocycles. The van der Waals surface area contributed by atoms with Crippen molar-refractivity contribution in [3.8, 4) is 5.75 Å². The van der Waals surface area contributed by atoms with Crippen LogP contribution in [-0.4, -0.2) is 59.2 Å². The quantitative estimate of drug-likeness (QED) is 0.0938. The standard InChI is InChI=1S/C36H33Cl2FN4O7/c1-3-50-24-7-4-6-20(14-24)18-42-30(19-44)33(40-17-22-11-10-21(34(45)49-2)15-29(22)43(47)48)31(25-8-5-9-27(38)32(25)39)36(42)26-13-12-23(37)16-28(26)41-35(36)46/h4-16,30-31,33,40,44H,3,17-19H2,1-2H3,(H,41,46)/t30-,31-,33+,36+/m0/s1. The molecule has 14 heteroatoms. The van der Waals surface area contributed by atoms with Crippen LogP contribution in [0.2, 0.25) is 10.0 Å². The van der Waals surface area contributed by atoms with Crippen LogP contribution in [0, 0.1) is 15.9 Å². The number of hydrogen-bond acceptors (Lipinski definition) is 9. The Balaban J connectivity index is 1.55. The van der Waals surface area contributed by atoms with E-state index in [4.69, 9.17) is 32.7 Å². The van der Waals surface area contributed by atoms with Gasteiger partial charge < -0.3 is 25.2 Å². The number of fused-ring (bicyclic) bond motifs is 2. The molecular weight excluding hydrogens is 690 g/mol. The molecule has 3 N–H and O–H groups in total. The third kappa shape index (κ3) is 6.07. The fraction of sp³-hybridized carbons (Fsp3) is 0.278. The van der Waals surface area contributed by atoms with Gasteiger partial charge in [-0.3, -0.25) is 19.8 Å². The molecule has 2 aliphatic rings. The van der Waals surface area contributed by atoms with Gasteiger partial charge in [0, 0.05) is 53.0 Å². The maximum atomic E-state index is 16.3. The summed E-state index contributed by atoms with van der Waals surface area (Å²) in [6, 6.07) is 19.0. The van der Waals surface area contributed by atoms with Crippen LogP contribution in [0.4, 0.5) is 15.8 Å². The maximum absolute atomic E-state index is 16.3. The van der Waals surface area contributed by atoms with E-state index in [1.54, 1.807) is 30.3 Å². The summed E-state index contributed by atoms with van der Waals surface area (Å²) in [5.74, 6) is -2.39. The first-order valence-electron chi connectivity index (χ1n) is 15.8. The van der Waals surface area contributed by atoms with E-state index in [0.717, 1.165) is 11.6 Å². The van der Waals surface area contributed by atoms with Gasteiger partial charge in [-0.15, -0.1) is 0 Å². The molecule has 6 rings (SSSR count). The number of aliphatic hydroxyl groups is 1. The Morgan fingerprint density at radius 3 is 2.62 bits per heavy atom. The van der Waals surface area contributed by atoms with Gasteiger partial charge in [-0.25, -0.2) is 9.18 Å². The number of rotatable bonds is 11. The number of nitrogens with one attached hydrogen (secondary N) is 2. The predicted octanol–water partition coefficient (Wildman–Crippen LogP) is 6.19. The second-order valence-electron chi connectivity index (χ2n) is 12.0. The Bertz CT molecular complexity index is 1980. The summed E-state index contributed by atoms with van der Waals surface area (Å²) in [4.78, 5) is 40.2. The number of hydrogen-bond donors (Lipinski definition) is 3. The lowest BCUT2D eigenvalue weighted by Crippen LogP contribution is -2.52. The number of carbonyl (C=O) groups excluding carboxylic acids is 2. The summed E-state index contributed by atoms with van der Waals surface area (Å²) in [6.45, 7) is 1.79. The first kappa shape index (κ1) is 35.2. The fourth-order valence-corrected chi connectivity index (χ4v) is 7.70. The fourth-order valence-electron chi connectivity index (χ4n) is 7.34. The van der Waals surface area contributed by atoms with Crippen LogP contribution in [-0.2, 0) is 28.2 Å². The molecule has 50 heavy (non-hydrogen) atoms. The van der Waals surface area contributed by atoms with Crippen molar-refractivity contribution >= 4 is 46.5 Å². The molecule has 0 aliphatic carbocycles. The number of likely N-dealkylation sites (tertiary alicyclic amines) is 1. The van der Waals surface area contributed by atoms with Crippen LogP contribution in [0.25, 0.3) is 0 Å². The number of benzene rings is 4. The molecule has 260 valence electrons. The number of ether oxygens (including phenoxy) is 2. The van der Waals surface area contributed by atoms with Crippen molar-refractivity contribution < 1.29 is 33.5 Å². The number of aliphatic hydroxyl groups excluding tert-OH is 1. The van der Waals surface area contributed by atoms with Crippen molar-refractivity contribution in [2.45, 2.75) is 43.6 Å². The van der Waals surface area contributed by atoms with E-state index in [1.807, 2.05) is 36.1 Å². The third-order valence-electron chi connectivity index (χ3n) is 9.36. The normalized spacial score (nSPS) is 21.2. The lowest BCUT2D eigenvalue weighted by atomic mass is 9.73. The van der Waals surface area contributed by atoms with Crippen molar-refractivity contribution in [1.29, 1.82) is 0 Å². The van der Waals surface area contributed by atoms with Gasteiger partial charge >= 0.3 is 5.97 Å². The van der Waals surface area contributed by atoms with Crippen LogP contribution in [0.5, 0.6) is 5.75 Å². The highest BCUT2D eigenvalue weighted by Gasteiger charge is 2.67. The number of nitro benzene ring substituents is 1. The van der Waals surface area contributed by atoms with Gasteiger partial charge in [-0.05, 0) is 54.4 Å². The second-order valence-corrected chi connectivity index (χ2v) is 12.8. The first-order chi connectivity index (χ1) is 24.0. The topological polar surface area (TPSA) is 143 Å². The Morgan fingerprint density at radius 1 is 1.12 bits per heavy atom. The van der Waals surface area contributed by atoms with E-state index in [-0.39, 0.29) is 40.5 Å². The summed E-state index contributed by atoms with van der Waals surface area (Å²) in [5, 5.41) is 29.8. The Hall–Kier alpha value is -4.59. The number of methoxy groups -OCH3 is 1. The number of carbonyl (C=O) groups is 2. The van der Waals surface area contributed by atoms with Crippen LogP contribution in [0.3, 0.4) is 0 Å². The molecule has 1 amide bonds. The maximum Gasteiger partial charge on any atom is 0.338 e. The van der Waals surface area contributed by atoms with Crippen LogP contribution >= 0.6 is 23.2 Å². The van der Waals surface area contributed by atoms with Crippen LogP contribution in [0.1, 0.15) is 45.5 Å². The highest BCUT2D eigenvalue weighted by Crippen LogP contribution is 2.58. The van der Waals surface area contributed by atoms with E-state index < -0.39 is 52.8 Å². The van der Waals surface area contributed by atoms with Crippen LogP contribution < -0.4 is 15.4 Å². The van der Waals surface area contributed by atoms with E-state index in [9.17, 15) is 24.8 Å². The van der Waals surface area contributed by atoms with Gasteiger partial charge in [0.15, 0.2) is 0 Å². The minimum absolute atomic E-state index is 0.00627. The number of halogens is 3. The average molecular weight is 724 g/mol. The lowest BCUT2D eigenvalue weighted by Gasteiger charge is -2.39. The molecular formula is C36H33Cl2FN4O7. The molecule has 1 spiro atoms. The summed E-state index contributed by atoms with van der Waals surface area (Å²) < 4.78 is 26.8. The smallest absolute Gasteiger partial charge is 0.338 e. The molecule has 11 nitrogen and oxygen atoms in total. The van der Waals surface area contributed by atoms with Gasteiger partial charge in [0.25, 0.3) is 5.69 Å². The molecule has 4 aromatic carbocycles. The van der Waals surface area contributed by atoms with Crippen molar-refractivity contribution in [2.75, 3.05) is 25.6 Å². The Labute approximate surface area is 297 Å². The molecule has 0 aromatic heterocycles. The monoisotopic (exact) mass is 722 g/mol. The molecule has 4 aromatic rings. The molecule has 2 aliphatic heterocycles. The van der Waals surface area contributed by atoms with E-state index >= 15 is 4.39 Å². The minimum atomic E-state index is -1.63. The summed E-state index contributed by atoms with van der Waals surface area (Å²) in [5.41, 5.74) is 0.0261. The van der Waals surface area contributed by atoms with Crippen molar-refractivity contribution in [1.82, 2.24) is 10.2 Å². The van der Waals surface area contributed by atoms with Gasteiger partial charge in [-0.1, -0.05) is 59.6 Å². The van der Waals surface area contributed by atoms with Gasteiger partial charge in [0.2, 0.25) is 5.91 Å². The predicted molar refractivity (Wildman–Crippen MR) is 185 cm³/mol. The summed E-state index contributed by atoms with van der Waals surface area (Å²) in [6.07, 6.45) is 0. The number of nitrogens with zero attached hydrogens (tertiary/aromatic N) is 2. The zero-order valence-corrected chi connectivity index (χ0v) is 28.5. The summed E-state index contributed by atoms with van der Waals surface area (Å²) >= 11 is 12.7. The van der Waals surface area contributed by atoms with Gasteiger partial charge in [0.05, 0.1) is 41.9 Å². The van der Waals surface area contributed by atoms with Crippen LogP contribution in [0.15, 0.2) is 78.9 Å². The molecule has 0 radical (unpaired) electrons. The first-order valence-corrected chi connectivity index (χ1v) is 16.5. The number of anilines is 1. The SMILES string of the molecule is CCOc1cccc(CN2[C@@H](CO)[C@@H](NCc3ccc(C(=O)OC)cc3[N+](=O)[O-])[C@H](c3cccc(Cl)c3F)[C@]23C(=O)Nc2cc(Cl)ccc23)c1. The highest BCUT2D eigenvalue weighted by atomic mass is 35.5. The highest BCUT2D eigenvalue weighted by molar-refractivity contribution is 6.31. The van der Waals surface area contributed by atoms with Crippen molar-refractivity contribution in [3.63, 3.8) is 0 Å². The lowest BCUT2D eigenvalue weighted by molar-refractivity contribution is -0.385. The number of amides is 1. The Kier molecular flexibility index (Phi) is 10.1. The zero-order valence-electron chi connectivity index (χ0n) is 27.0. The molecule has 0 bridgehead atoms. The third-order valence-corrected chi connectivity index (χ3v) is 9.89. The average Bonchev–Trinajstić information content (AvgIpc) is 3.54. The number of nitro groups is 1. The number of esters is 1. The van der Waals surface area contributed by atoms with E-state index in [1.165, 1.54) is 25.3 Å². The molecule has 2 heterocycles. The zero-order chi connectivity index (χ0) is 35.7. The van der Waals surface area contributed by atoms with Crippen molar-refractivity contribution in [3.05, 3.63) is 133 Å². The van der Waals surface area contributed by atoms with E-state index in [2.05, 4.69) is 10.6 Å². The molecule has 0 saturated carbocycles. The molecule has 4 atom stereocenters. The minimum Gasteiger partial charge on any atom is -0.494 e. The molecule has 1 fully saturated rings. The van der Waals surface area contributed by atoms with Gasteiger partial charge in [-0.2, -0.15) is 0 Å².